The van der Waals surface area contributed by atoms with Crippen LogP contribution in [-0.2, 0) is 9.59 Å². The second-order valence-corrected chi connectivity index (χ2v) is 6.92. The summed E-state index contributed by atoms with van der Waals surface area (Å²) in [5.41, 5.74) is 3.39. The fraction of sp³-hybridized carbons (Fsp3) is 0.0556. The molecule has 28 heavy (non-hydrogen) atoms. The second-order valence-electron chi connectivity index (χ2n) is 5.67. The van der Waals surface area contributed by atoms with Crippen molar-refractivity contribution in [3.63, 3.8) is 0 Å². The largest absolute Gasteiger partial charge is 0.351 e. The number of carbonyl (C=O) groups excluding carboxylic acids is 3. The number of carbonyl (C=O) groups is 3. The molecule has 0 atom stereocenters. The number of amides is 3. The first-order valence-electron chi connectivity index (χ1n) is 7.90. The van der Waals surface area contributed by atoms with Gasteiger partial charge < -0.3 is 10.6 Å². The SMILES string of the molecule is CNC(=O)C(=O)Nn1c(C(=O)Nc2ccc(Cl)c(Cl)c2)cc2cc(Cl)ccc21. The van der Waals surface area contributed by atoms with E-state index in [0.717, 1.165) is 0 Å². The zero-order chi connectivity index (χ0) is 20.4. The number of likely N-dealkylation sites (N-methyl/N-ethyl adjacent to an activating group) is 1. The maximum Gasteiger partial charge on any atom is 0.328 e. The molecule has 0 spiro atoms. The number of halogens is 3. The van der Waals surface area contributed by atoms with E-state index in [1.54, 1.807) is 30.3 Å². The Kier molecular flexibility index (Phi) is 5.79. The number of aromatic nitrogens is 1. The van der Waals surface area contributed by atoms with Crippen molar-refractivity contribution in [1.29, 1.82) is 0 Å². The molecular formula is C18H13Cl3N4O3. The summed E-state index contributed by atoms with van der Waals surface area (Å²) < 4.78 is 1.22. The van der Waals surface area contributed by atoms with E-state index in [9.17, 15) is 14.4 Å². The fourth-order valence-corrected chi connectivity index (χ4v) is 2.99. The van der Waals surface area contributed by atoms with Crippen LogP contribution in [0.15, 0.2) is 42.5 Å². The van der Waals surface area contributed by atoms with Crippen LogP contribution in [0.25, 0.3) is 10.9 Å². The lowest BCUT2D eigenvalue weighted by Gasteiger charge is -2.12. The van der Waals surface area contributed by atoms with Gasteiger partial charge in [0.25, 0.3) is 5.91 Å². The van der Waals surface area contributed by atoms with Crippen molar-refractivity contribution in [2.45, 2.75) is 0 Å². The third-order valence-corrected chi connectivity index (χ3v) is 4.79. The number of anilines is 1. The molecule has 0 aliphatic rings. The van der Waals surface area contributed by atoms with Crippen LogP contribution in [0, 0.1) is 0 Å². The summed E-state index contributed by atoms with van der Waals surface area (Å²) in [6.45, 7) is 0. The van der Waals surface area contributed by atoms with E-state index in [1.165, 1.54) is 23.9 Å². The van der Waals surface area contributed by atoms with Crippen LogP contribution in [-0.4, -0.2) is 29.4 Å². The van der Waals surface area contributed by atoms with Crippen LogP contribution in [0.2, 0.25) is 15.1 Å². The molecule has 7 nitrogen and oxygen atoms in total. The van der Waals surface area contributed by atoms with Gasteiger partial charge in [0, 0.05) is 23.1 Å². The first-order valence-corrected chi connectivity index (χ1v) is 9.04. The van der Waals surface area contributed by atoms with Gasteiger partial charge in [-0.15, -0.1) is 0 Å². The highest BCUT2D eigenvalue weighted by Gasteiger charge is 2.20. The summed E-state index contributed by atoms with van der Waals surface area (Å²) in [6, 6.07) is 11.0. The van der Waals surface area contributed by atoms with Gasteiger partial charge in [-0.2, -0.15) is 0 Å². The summed E-state index contributed by atoms with van der Waals surface area (Å²) >= 11 is 17.9. The lowest BCUT2D eigenvalue weighted by Crippen LogP contribution is -2.38. The standard InChI is InChI=1S/C18H13Cl3N4O3/c1-22-17(27)18(28)24-25-14-5-2-10(19)6-9(14)7-15(25)16(26)23-11-3-4-12(20)13(21)8-11/h2-8H,1H3,(H,22,27)(H,23,26)(H,24,28). The predicted molar refractivity (Wildman–Crippen MR) is 110 cm³/mol. The van der Waals surface area contributed by atoms with E-state index in [-0.39, 0.29) is 10.7 Å². The Balaban J connectivity index is 2.01. The van der Waals surface area contributed by atoms with Crippen molar-refractivity contribution in [3.05, 3.63) is 63.2 Å². The van der Waals surface area contributed by atoms with Gasteiger partial charge in [-0.25, -0.2) is 4.68 Å². The smallest absolute Gasteiger partial charge is 0.328 e. The quantitative estimate of drug-likeness (QED) is 0.544. The van der Waals surface area contributed by atoms with Crippen LogP contribution in [0.5, 0.6) is 0 Å². The molecule has 3 amide bonds. The Labute approximate surface area is 174 Å². The number of nitrogens with zero attached hydrogens (tertiary/aromatic N) is 1. The molecule has 1 heterocycles. The number of nitrogens with one attached hydrogen (secondary N) is 3. The fourth-order valence-electron chi connectivity index (χ4n) is 2.51. The number of fused-ring (bicyclic) bond motifs is 1. The molecule has 0 bridgehead atoms. The highest BCUT2D eigenvalue weighted by atomic mass is 35.5. The normalized spacial score (nSPS) is 10.6. The van der Waals surface area contributed by atoms with Crippen LogP contribution >= 0.6 is 34.8 Å². The minimum atomic E-state index is -0.932. The summed E-state index contributed by atoms with van der Waals surface area (Å²) in [6.07, 6.45) is 0. The lowest BCUT2D eigenvalue weighted by atomic mass is 10.2. The van der Waals surface area contributed by atoms with E-state index in [4.69, 9.17) is 34.8 Å². The lowest BCUT2D eigenvalue weighted by molar-refractivity contribution is -0.136. The number of benzene rings is 2. The second kappa shape index (κ2) is 8.10. The van der Waals surface area contributed by atoms with Crippen molar-refractivity contribution in [2.75, 3.05) is 17.8 Å². The van der Waals surface area contributed by atoms with E-state index in [0.29, 0.717) is 26.6 Å². The minimum absolute atomic E-state index is 0.0839. The Morgan fingerprint density at radius 2 is 1.64 bits per heavy atom. The molecule has 0 saturated carbocycles. The molecule has 10 heteroatoms. The molecule has 3 N–H and O–H groups in total. The third-order valence-electron chi connectivity index (χ3n) is 3.82. The molecule has 0 fully saturated rings. The summed E-state index contributed by atoms with van der Waals surface area (Å²) in [5, 5.41) is 6.58. The molecule has 2 aromatic carbocycles. The van der Waals surface area contributed by atoms with Crippen LogP contribution < -0.4 is 16.1 Å². The first kappa shape index (κ1) is 20.0. The van der Waals surface area contributed by atoms with Gasteiger partial charge in [-0.05, 0) is 42.5 Å². The zero-order valence-electron chi connectivity index (χ0n) is 14.3. The molecule has 0 saturated heterocycles. The van der Waals surface area contributed by atoms with E-state index >= 15 is 0 Å². The van der Waals surface area contributed by atoms with Gasteiger partial charge in [-0.1, -0.05) is 34.8 Å². The Morgan fingerprint density at radius 3 is 2.32 bits per heavy atom. The molecule has 3 aromatic rings. The highest BCUT2D eigenvalue weighted by molar-refractivity contribution is 6.42. The Morgan fingerprint density at radius 1 is 0.893 bits per heavy atom. The van der Waals surface area contributed by atoms with Gasteiger partial charge in [0.1, 0.15) is 5.69 Å². The number of hydrogen-bond acceptors (Lipinski definition) is 3. The van der Waals surface area contributed by atoms with Crippen LogP contribution in [0.1, 0.15) is 10.5 Å². The van der Waals surface area contributed by atoms with E-state index < -0.39 is 17.7 Å². The monoisotopic (exact) mass is 438 g/mol. The van der Waals surface area contributed by atoms with Crippen molar-refractivity contribution in [3.8, 4) is 0 Å². The van der Waals surface area contributed by atoms with E-state index in [2.05, 4.69) is 16.1 Å². The molecule has 0 aliphatic heterocycles. The Bertz CT molecular complexity index is 1110. The van der Waals surface area contributed by atoms with Crippen molar-refractivity contribution in [2.24, 2.45) is 0 Å². The summed E-state index contributed by atoms with van der Waals surface area (Å²) in [5.74, 6) is -2.33. The average molecular weight is 440 g/mol. The Hall–Kier alpha value is -2.74. The maximum atomic E-state index is 12.8. The number of rotatable bonds is 3. The molecule has 1 aromatic heterocycles. The molecular weight excluding hydrogens is 427 g/mol. The minimum Gasteiger partial charge on any atom is -0.351 e. The molecule has 0 unspecified atom stereocenters. The van der Waals surface area contributed by atoms with Gasteiger partial charge >= 0.3 is 11.8 Å². The zero-order valence-corrected chi connectivity index (χ0v) is 16.6. The topological polar surface area (TPSA) is 92.2 Å². The van der Waals surface area contributed by atoms with E-state index in [1.807, 2.05) is 0 Å². The summed E-state index contributed by atoms with van der Waals surface area (Å²) in [4.78, 5) is 36.4. The van der Waals surface area contributed by atoms with Crippen molar-refractivity contribution < 1.29 is 14.4 Å². The average Bonchev–Trinajstić information content (AvgIpc) is 3.01. The predicted octanol–water partition coefficient (Wildman–Crippen LogP) is 3.67. The molecule has 144 valence electrons. The summed E-state index contributed by atoms with van der Waals surface area (Å²) in [7, 11) is 1.33. The molecule has 3 rings (SSSR count). The number of hydrogen-bond donors (Lipinski definition) is 3. The third kappa shape index (κ3) is 4.06. The van der Waals surface area contributed by atoms with Crippen LogP contribution in [0.3, 0.4) is 0 Å². The van der Waals surface area contributed by atoms with Gasteiger partial charge in [0.2, 0.25) is 0 Å². The van der Waals surface area contributed by atoms with Gasteiger partial charge in [0.05, 0.1) is 15.6 Å². The van der Waals surface area contributed by atoms with Crippen molar-refractivity contribution in [1.82, 2.24) is 9.99 Å². The van der Waals surface area contributed by atoms with Gasteiger partial charge in [0.15, 0.2) is 0 Å². The van der Waals surface area contributed by atoms with Crippen LogP contribution in [0.4, 0.5) is 5.69 Å². The molecule has 0 radical (unpaired) electrons. The highest BCUT2D eigenvalue weighted by Crippen LogP contribution is 2.27. The maximum absolute atomic E-state index is 12.8. The van der Waals surface area contributed by atoms with Crippen molar-refractivity contribution >= 4 is 69.1 Å². The van der Waals surface area contributed by atoms with Gasteiger partial charge in [-0.3, -0.25) is 19.8 Å². The first-order chi connectivity index (χ1) is 13.3. The molecule has 0 aliphatic carbocycles.